The molecule has 0 amide bonds. The maximum atomic E-state index is 13.4. The van der Waals surface area contributed by atoms with Crippen LogP contribution in [0, 0.1) is 11.6 Å². The summed E-state index contributed by atoms with van der Waals surface area (Å²) in [6.45, 7) is 0. The Labute approximate surface area is 105 Å². The molecule has 0 aliphatic carbocycles. The first-order valence-electron chi connectivity index (χ1n) is 5.26. The fourth-order valence-electron chi connectivity index (χ4n) is 1.58. The lowest BCUT2D eigenvalue weighted by Gasteiger charge is -2.14. The Morgan fingerprint density at radius 3 is 2.16 bits per heavy atom. The molecule has 0 aliphatic heterocycles. The van der Waals surface area contributed by atoms with Gasteiger partial charge in [-0.05, 0) is 24.3 Å². The highest BCUT2D eigenvalue weighted by Crippen LogP contribution is 2.36. The molecule has 0 fully saturated rings. The van der Waals surface area contributed by atoms with Gasteiger partial charge < -0.3 is 5.32 Å². The molecule has 6 heteroatoms. The summed E-state index contributed by atoms with van der Waals surface area (Å²) in [7, 11) is 0. The molecule has 19 heavy (non-hydrogen) atoms. The summed E-state index contributed by atoms with van der Waals surface area (Å²) in [6.07, 6.45) is -4.56. The topological polar surface area (TPSA) is 12.0 Å². The molecule has 100 valence electrons. The highest BCUT2D eigenvalue weighted by atomic mass is 19.4. The smallest absolute Gasteiger partial charge is 0.353 e. The lowest BCUT2D eigenvalue weighted by molar-refractivity contribution is -0.136. The van der Waals surface area contributed by atoms with Crippen LogP contribution in [-0.2, 0) is 6.18 Å². The summed E-state index contributed by atoms with van der Waals surface area (Å²) in [5, 5.41) is 2.31. The first-order valence-corrected chi connectivity index (χ1v) is 5.26. The number of hydrogen-bond donors (Lipinski definition) is 1. The van der Waals surface area contributed by atoms with Crippen LogP contribution in [0.15, 0.2) is 42.5 Å². The van der Waals surface area contributed by atoms with E-state index in [1.807, 2.05) is 0 Å². The maximum absolute atomic E-state index is 13.4. The second kappa shape index (κ2) is 4.87. The third kappa shape index (κ3) is 3.01. The Hall–Kier alpha value is -2.11. The molecule has 0 bridgehead atoms. The molecule has 0 unspecified atom stereocenters. The highest BCUT2D eigenvalue weighted by Gasteiger charge is 2.33. The minimum Gasteiger partial charge on any atom is -0.353 e. The number of anilines is 2. The van der Waals surface area contributed by atoms with Crippen molar-refractivity contribution < 1.29 is 22.0 Å². The lowest BCUT2D eigenvalue weighted by atomic mass is 10.1. The van der Waals surface area contributed by atoms with Crippen LogP contribution >= 0.6 is 0 Å². The van der Waals surface area contributed by atoms with Gasteiger partial charge in [0, 0.05) is 6.07 Å². The normalized spacial score (nSPS) is 11.4. The SMILES string of the molecule is Fc1ccc(Nc2ccccc2C(F)(F)F)c(F)c1. The third-order valence-electron chi connectivity index (χ3n) is 2.43. The van der Waals surface area contributed by atoms with Gasteiger partial charge in [-0.2, -0.15) is 13.2 Å². The largest absolute Gasteiger partial charge is 0.418 e. The van der Waals surface area contributed by atoms with Crippen molar-refractivity contribution in [2.75, 3.05) is 5.32 Å². The zero-order chi connectivity index (χ0) is 14.0. The van der Waals surface area contributed by atoms with Crippen molar-refractivity contribution in [1.82, 2.24) is 0 Å². The van der Waals surface area contributed by atoms with Crippen molar-refractivity contribution in [3.63, 3.8) is 0 Å². The fraction of sp³-hybridized carbons (Fsp3) is 0.0769. The summed E-state index contributed by atoms with van der Waals surface area (Å²) < 4.78 is 64.3. The molecule has 0 heterocycles. The second-order valence-corrected chi connectivity index (χ2v) is 3.79. The molecule has 2 aromatic carbocycles. The molecule has 2 aromatic rings. The van der Waals surface area contributed by atoms with Crippen LogP contribution in [0.3, 0.4) is 0 Å². The molecule has 1 N–H and O–H groups in total. The van der Waals surface area contributed by atoms with E-state index >= 15 is 0 Å². The summed E-state index contributed by atoms with van der Waals surface area (Å²) >= 11 is 0. The molecule has 0 spiro atoms. The number of rotatable bonds is 2. The molecule has 0 aromatic heterocycles. The van der Waals surface area contributed by atoms with Gasteiger partial charge in [-0.3, -0.25) is 0 Å². The van der Waals surface area contributed by atoms with E-state index in [0.29, 0.717) is 6.07 Å². The van der Waals surface area contributed by atoms with E-state index in [2.05, 4.69) is 5.32 Å². The predicted octanol–water partition coefficient (Wildman–Crippen LogP) is 4.73. The third-order valence-corrected chi connectivity index (χ3v) is 2.43. The molecule has 0 aliphatic rings. The molecular formula is C13H8F5N. The van der Waals surface area contributed by atoms with Crippen LogP contribution in [0.5, 0.6) is 0 Å². The average molecular weight is 273 g/mol. The van der Waals surface area contributed by atoms with Gasteiger partial charge in [0.15, 0.2) is 0 Å². The number of benzene rings is 2. The first-order chi connectivity index (χ1) is 8.88. The maximum Gasteiger partial charge on any atom is 0.418 e. The van der Waals surface area contributed by atoms with Gasteiger partial charge in [-0.25, -0.2) is 8.78 Å². The quantitative estimate of drug-likeness (QED) is 0.780. The average Bonchev–Trinajstić information content (AvgIpc) is 2.32. The van der Waals surface area contributed by atoms with E-state index in [9.17, 15) is 22.0 Å². The molecule has 0 saturated heterocycles. The van der Waals surface area contributed by atoms with Gasteiger partial charge in [0.2, 0.25) is 0 Å². The van der Waals surface area contributed by atoms with Gasteiger partial charge >= 0.3 is 6.18 Å². The van der Waals surface area contributed by atoms with Gasteiger partial charge in [0.25, 0.3) is 0 Å². The predicted molar refractivity (Wildman–Crippen MR) is 61.1 cm³/mol. The molecule has 1 nitrogen and oxygen atoms in total. The monoisotopic (exact) mass is 273 g/mol. The number of para-hydroxylation sites is 1. The Balaban J connectivity index is 2.39. The Kier molecular flexibility index (Phi) is 3.42. The standard InChI is InChI=1S/C13H8F5N/c14-8-5-6-12(10(15)7-8)19-11-4-2-1-3-9(11)13(16,17)18/h1-7,19H. The van der Waals surface area contributed by atoms with E-state index in [1.165, 1.54) is 18.2 Å². The molecule has 0 saturated carbocycles. The highest BCUT2D eigenvalue weighted by molar-refractivity contribution is 5.64. The van der Waals surface area contributed by atoms with Crippen molar-refractivity contribution in [3.8, 4) is 0 Å². The van der Waals surface area contributed by atoms with Gasteiger partial charge in [-0.15, -0.1) is 0 Å². The van der Waals surface area contributed by atoms with Crippen LogP contribution in [-0.4, -0.2) is 0 Å². The Bertz CT molecular complexity index is 592. The zero-order valence-electron chi connectivity index (χ0n) is 9.43. The number of nitrogens with one attached hydrogen (secondary N) is 1. The van der Waals surface area contributed by atoms with Gasteiger partial charge in [0.05, 0.1) is 16.9 Å². The first kappa shape index (κ1) is 13.3. The number of halogens is 5. The van der Waals surface area contributed by atoms with Crippen molar-refractivity contribution in [2.24, 2.45) is 0 Å². The summed E-state index contributed by atoms with van der Waals surface area (Å²) in [5.41, 5.74) is -1.43. The number of hydrogen-bond acceptors (Lipinski definition) is 1. The van der Waals surface area contributed by atoms with Crippen LogP contribution in [0.1, 0.15) is 5.56 Å². The van der Waals surface area contributed by atoms with Crippen LogP contribution < -0.4 is 5.32 Å². The van der Waals surface area contributed by atoms with E-state index in [1.54, 1.807) is 0 Å². The van der Waals surface area contributed by atoms with Gasteiger partial charge in [0.1, 0.15) is 11.6 Å². The van der Waals surface area contributed by atoms with Crippen molar-refractivity contribution in [1.29, 1.82) is 0 Å². The summed E-state index contributed by atoms with van der Waals surface area (Å²) in [5.74, 6) is -1.76. The van der Waals surface area contributed by atoms with E-state index < -0.39 is 23.4 Å². The van der Waals surface area contributed by atoms with Gasteiger partial charge in [-0.1, -0.05) is 12.1 Å². The minimum atomic E-state index is -4.56. The van der Waals surface area contributed by atoms with Crippen molar-refractivity contribution >= 4 is 11.4 Å². The summed E-state index contributed by atoms with van der Waals surface area (Å²) in [6, 6.07) is 7.27. The van der Waals surface area contributed by atoms with E-state index in [0.717, 1.165) is 18.2 Å². The van der Waals surface area contributed by atoms with E-state index in [-0.39, 0.29) is 11.4 Å². The molecule has 0 radical (unpaired) electrons. The van der Waals surface area contributed by atoms with Crippen LogP contribution in [0.2, 0.25) is 0 Å². The van der Waals surface area contributed by atoms with Crippen LogP contribution in [0.25, 0.3) is 0 Å². The van der Waals surface area contributed by atoms with E-state index in [4.69, 9.17) is 0 Å². The fourth-order valence-corrected chi connectivity index (χ4v) is 1.58. The molecular weight excluding hydrogens is 265 g/mol. The van der Waals surface area contributed by atoms with Crippen molar-refractivity contribution in [3.05, 3.63) is 59.7 Å². The Morgan fingerprint density at radius 1 is 0.842 bits per heavy atom. The Morgan fingerprint density at radius 2 is 1.53 bits per heavy atom. The zero-order valence-corrected chi connectivity index (χ0v) is 9.43. The molecule has 2 rings (SSSR count). The minimum absolute atomic E-state index is 0.224. The summed E-state index contributed by atoms with van der Waals surface area (Å²) in [4.78, 5) is 0. The second-order valence-electron chi connectivity index (χ2n) is 3.79. The lowest BCUT2D eigenvalue weighted by Crippen LogP contribution is -2.09. The van der Waals surface area contributed by atoms with Crippen molar-refractivity contribution in [2.45, 2.75) is 6.18 Å². The number of alkyl halides is 3. The molecule has 0 atom stereocenters. The van der Waals surface area contributed by atoms with Crippen LogP contribution in [0.4, 0.5) is 33.3 Å².